The fourth-order valence-corrected chi connectivity index (χ4v) is 2.11. The average Bonchev–Trinajstić information content (AvgIpc) is 2.54. The molecule has 0 aliphatic carbocycles. The van der Waals surface area contributed by atoms with Crippen LogP contribution in [0.4, 0.5) is 0 Å². The van der Waals surface area contributed by atoms with Gasteiger partial charge in [0.1, 0.15) is 5.75 Å². The summed E-state index contributed by atoms with van der Waals surface area (Å²) in [5.41, 5.74) is 2.54. The molecule has 21 heavy (non-hydrogen) atoms. The topological polar surface area (TPSA) is 74.2 Å². The number of amides is 1. The molecule has 1 aliphatic heterocycles. The minimum Gasteiger partial charge on any atom is -0.484 e. The molecule has 2 rings (SSSR count). The Bertz CT molecular complexity index is 544. The van der Waals surface area contributed by atoms with Crippen LogP contribution in [0.3, 0.4) is 0 Å². The molecular formula is C16H19N3O2. The molecule has 0 radical (unpaired) electrons. The van der Waals surface area contributed by atoms with E-state index in [0.717, 1.165) is 19.5 Å². The van der Waals surface area contributed by atoms with Gasteiger partial charge in [-0.25, -0.2) is 0 Å². The van der Waals surface area contributed by atoms with Crippen molar-refractivity contribution in [2.45, 2.75) is 12.8 Å². The zero-order chi connectivity index (χ0) is 14.9. The first-order valence-corrected chi connectivity index (χ1v) is 7.06. The van der Waals surface area contributed by atoms with Crippen LogP contribution in [0.1, 0.15) is 18.4 Å². The maximum absolute atomic E-state index is 11.4. The predicted molar refractivity (Wildman–Crippen MR) is 80.6 cm³/mol. The van der Waals surface area contributed by atoms with Crippen molar-refractivity contribution in [3.05, 3.63) is 35.9 Å². The van der Waals surface area contributed by atoms with Gasteiger partial charge < -0.3 is 15.4 Å². The van der Waals surface area contributed by atoms with Crippen molar-refractivity contribution in [1.29, 1.82) is 5.26 Å². The number of rotatable bonds is 6. The summed E-state index contributed by atoms with van der Waals surface area (Å²) in [5.74, 6) is 0.458. The van der Waals surface area contributed by atoms with Crippen LogP contribution in [0.15, 0.2) is 30.3 Å². The molecule has 0 saturated heterocycles. The van der Waals surface area contributed by atoms with E-state index in [0.29, 0.717) is 18.7 Å². The summed E-state index contributed by atoms with van der Waals surface area (Å²) in [5, 5.41) is 14.3. The summed E-state index contributed by atoms with van der Waals surface area (Å²) >= 11 is 0. The van der Waals surface area contributed by atoms with E-state index in [1.807, 2.05) is 30.3 Å². The highest BCUT2D eigenvalue weighted by Gasteiger charge is 2.06. The molecule has 0 unspecified atom stereocenters. The van der Waals surface area contributed by atoms with Crippen molar-refractivity contribution < 1.29 is 9.53 Å². The van der Waals surface area contributed by atoms with Gasteiger partial charge in [-0.3, -0.25) is 4.79 Å². The van der Waals surface area contributed by atoms with E-state index >= 15 is 0 Å². The molecule has 0 spiro atoms. The molecule has 1 aliphatic rings. The van der Waals surface area contributed by atoms with Crippen molar-refractivity contribution in [2.24, 2.45) is 0 Å². The van der Waals surface area contributed by atoms with Crippen molar-refractivity contribution >= 4 is 11.5 Å². The van der Waals surface area contributed by atoms with Crippen LogP contribution >= 0.6 is 0 Å². The number of ether oxygens (including phenoxy) is 1. The van der Waals surface area contributed by atoms with E-state index < -0.39 is 0 Å². The van der Waals surface area contributed by atoms with Crippen LogP contribution in [0.2, 0.25) is 0 Å². The van der Waals surface area contributed by atoms with Crippen LogP contribution < -0.4 is 15.4 Å². The molecule has 1 amide bonds. The molecular weight excluding hydrogens is 266 g/mol. The molecule has 1 heterocycles. The Labute approximate surface area is 124 Å². The summed E-state index contributed by atoms with van der Waals surface area (Å²) in [6.45, 7) is 2.25. The fraction of sp³-hybridized carbons (Fsp3) is 0.375. The molecule has 1 aromatic rings. The quantitative estimate of drug-likeness (QED) is 0.776. The normalized spacial score (nSPS) is 14.0. The Balaban J connectivity index is 1.81. The highest BCUT2D eigenvalue weighted by Crippen LogP contribution is 2.22. The molecule has 0 atom stereocenters. The summed E-state index contributed by atoms with van der Waals surface area (Å²) in [6, 6.07) is 9.75. The second-order valence-electron chi connectivity index (χ2n) is 4.75. The highest BCUT2D eigenvalue weighted by molar-refractivity contribution is 5.77. The van der Waals surface area contributed by atoms with Crippen molar-refractivity contribution in [1.82, 2.24) is 10.6 Å². The van der Waals surface area contributed by atoms with E-state index in [4.69, 9.17) is 10.00 Å². The maximum Gasteiger partial charge on any atom is 0.257 e. The number of benzene rings is 1. The molecule has 0 fully saturated rings. The fourth-order valence-electron chi connectivity index (χ4n) is 2.11. The van der Waals surface area contributed by atoms with Crippen molar-refractivity contribution in [3.8, 4) is 11.8 Å². The number of hydrogen-bond donors (Lipinski definition) is 2. The van der Waals surface area contributed by atoms with Gasteiger partial charge in [0, 0.05) is 13.1 Å². The second-order valence-corrected chi connectivity index (χ2v) is 4.75. The molecule has 2 N–H and O–H groups in total. The molecule has 0 aromatic heterocycles. The van der Waals surface area contributed by atoms with Gasteiger partial charge in [-0.05, 0) is 36.2 Å². The van der Waals surface area contributed by atoms with Gasteiger partial charge in [-0.15, -0.1) is 0 Å². The van der Waals surface area contributed by atoms with Crippen LogP contribution in [-0.2, 0) is 4.79 Å². The molecule has 110 valence electrons. The van der Waals surface area contributed by atoms with Crippen LogP contribution in [0, 0.1) is 11.3 Å². The maximum atomic E-state index is 11.4. The van der Waals surface area contributed by atoms with Crippen LogP contribution in [0.25, 0.3) is 5.57 Å². The molecule has 1 aromatic carbocycles. The number of nitrogens with zero attached hydrogens (tertiary/aromatic N) is 1. The average molecular weight is 285 g/mol. The van der Waals surface area contributed by atoms with E-state index in [1.54, 1.807) is 0 Å². The smallest absolute Gasteiger partial charge is 0.257 e. The third kappa shape index (κ3) is 4.93. The Morgan fingerprint density at radius 1 is 1.38 bits per heavy atom. The summed E-state index contributed by atoms with van der Waals surface area (Å²) < 4.78 is 5.41. The first-order valence-electron chi connectivity index (χ1n) is 7.06. The van der Waals surface area contributed by atoms with Gasteiger partial charge in [0.05, 0.1) is 12.5 Å². The Morgan fingerprint density at radius 2 is 2.19 bits per heavy atom. The van der Waals surface area contributed by atoms with Crippen LogP contribution in [0.5, 0.6) is 5.75 Å². The van der Waals surface area contributed by atoms with Gasteiger partial charge in [-0.1, -0.05) is 18.2 Å². The first kappa shape index (κ1) is 15.1. The monoisotopic (exact) mass is 285 g/mol. The highest BCUT2D eigenvalue weighted by atomic mass is 16.5. The molecule has 0 bridgehead atoms. The lowest BCUT2D eigenvalue weighted by Crippen LogP contribution is -2.29. The number of hydrogen-bond acceptors (Lipinski definition) is 4. The van der Waals surface area contributed by atoms with Crippen molar-refractivity contribution in [3.63, 3.8) is 0 Å². The number of nitriles is 1. The predicted octanol–water partition coefficient (Wildman–Crippen LogP) is 1.47. The second kappa shape index (κ2) is 8.08. The number of carbonyl (C=O) groups is 1. The minimum absolute atomic E-state index is 0.0304. The number of nitrogens with one attached hydrogen (secondary N) is 2. The van der Waals surface area contributed by atoms with Gasteiger partial charge in [0.2, 0.25) is 0 Å². The lowest BCUT2D eigenvalue weighted by Gasteiger charge is -2.14. The minimum atomic E-state index is -0.213. The van der Waals surface area contributed by atoms with Crippen LogP contribution in [-0.4, -0.2) is 32.1 Å². The molecule has 5 nitrogen and oxygen atoms in total. The van der Waals surface area contributed by atoms with E-state index in [-0.39, 0.29) is 12.5 Å². The standard InChI is InChI=1S/C16H19N3O2/c17-8-1-9-19-16(20)12-21-15-4-2-13(3-5-15)14-6-10-18-11-7-14/h2-6,18H,1,7,9-12H2,(H,19,20). The van der Waals surface area contributed by atoms with Gasteiger partial charge >= 0.3 is 0 Å². The SMILES string of the molecule is N#CCCNC(=O)COc1ccc(C2=CCNCC2)cc1. The molecule has 0 saturated carbocycles. The number of carbonyl (C=O) groups excluding carboxylic acids is 1. The van der Waals surface area contributed by atoms with E-state index in [2.05, 4.69) is 16.7 Å². The van der Waals surface area contributed by atoms with Gasteiger partial charge in [-0.2, -0.15) is 5.26 Å². The third-order valence-electron chi connectivity index (χ3n) is 3.22. The van der Waals surface area contributed by atoms with Gasteiger partial charge in [0.25, 0.3) is 5.91 Å². The Hall–Kier alpha value is -2.32. The zero-order valence-electron chi connectivity index (χ0n) is 11.9. The van der Waals surface area contributed by atoms with E-state index in [9.17, 15) is 4.79 Å². The Morgan fingerprint density at radius 3 is 2.86 bits per heavy atom. The third-order valence-corrected chi connectivity index (χ3v) is 3.22. The summed E-state index contributed by atoms with van der Waals surface area (Å²) in [7, 11) is 0. The summed E-state index contributed by atoms with van der Waals surface area (Å²) in [6.07, 6.45) is 3.54. The first-order chi connectivity index (χ1) is 10.3. The van der Waals surface area contributed by atoms with Gasteiger partial charge in [0.15, 0.2) is 6.61 Å². The Kier molecular flexibility index (Phi) is 5.80. The lowest BCUT2D eigenvalue weighted by molar-refractivity contribution is -0.123. The van der Waals surface area contributed by atoms with E-state index in [1.165, 1.54) is 11.1 Å². The lowest BCUT2D eigenvalue weighted by atomic mass is 10.0. The summed E-state index contributed by atoms with van der Waals surface area (Å²) in [4.78, 5) is 11.4. The zero-order valence-corrected chi connectivity index (χ0v) is 11.9. The van der Waals surface area contributed by atoms with Crippen molar-refractivity contribution in [2.75, 3.05) is 26.2 Å². The largest absolute Gasteiger partial charge is 0.484 e. The molecule has 5 heteroatoms.